The van der Waals surface area contributed by atoms with Crippen molar-refractivity contribution in [3.8, 4) is 11.5 Å². The first kappa shape index (κ1) is 22.4. The van der Waals surface area contributed by atoms with Gasteiger partial charge in [-0.05, 0) is 41.5 Å². The molecule has 4 rings (SSSR count). The Morgan fingerprint density at radius 2 is 1.67 bits per heavy atom. The summed E-state index contributed by atoms with van der Waals surface area (Å²) in [4.78, 5) is 12.8. The molecule has 0 spiro atoms. The minimum absolute atomic E-state index is 0.0117. The molecule has 3 aromatic carbocycles. The first-order chi connectivity index (χ1) is 15.8. The van der Waals surface area contributed by atoms with E-state index in [1.165, 1.54) is 12.3 Å². The van der Waals surface area contributed by atoms with Crippen LogP contribution in [0.1, 0.15) is 26.4 Å². The SMILES string of the molecule is COc1ccc(C(=CNC(=O)c2sc3ccc(C(F)(F)F)cc3c2O)c2ccccc2)cc1. The number of hydrogen-bond donors (Lipinski definition) is 2. The van der Waals surface area contributed by atoms with Crippen LogP contribution in [0, 0.1) is 0 Å². The number of benzene rings is 3. The lowest BCUT2D eigenvalue weighted by Gasteiger charge is -2.10. The second-order valence-electron chi connectivity index (χ2n) is 7.11. The molecule has 0 bridgehead atoms. The number of aromatic hydroxyl groups is 1. The summed E-state index contributed by atoms with van der Waals surface area (Å²) in [5.74, 6) is -0.412. The Bertz CT molecular complexity index is 1330. The molecule has 0 unspecified atom stereocenters. The van der Waals surface area contributed by atoms with E-state index in [0.29, 0.717) is 16.0 Å². The molecule has 2 N–H and O–H groups in total. The second-order valence-corrected chi connectivity index (χ2v) is 8.17. The Hall–Kier alpha value is -3.78. The van der Waals surface area contributed by atoms with Crippen molar-refractivity contribution in [1.29, 1.82) is 0 Å². The van der Waals surface area contributed by atoms with Crippen LogP contribution < -0.4 is 10.1 Å². The molecule has 1 amide bonds. The molecule has 4 aromatic rings. The monoisotopic (exact) mass is 469 g/mol. The second kappa shape index (κ2) is 8.99. The highest BCUT2D eigenvalue weighted by molar-refractivity contribution is 7.21. The fourth-order valence-electron chi connectivity index (χ4n) is 3.34. The van der Waals surface area contributed by atoms with Crippen LogP contribution >= 0.6 is 11.3 Å². The zero-order valence-electron chi connectivity index (χ0n) is 17.3. The van der Waals surface area contributed by atoms with E-state index in [4.69, 9.17) is 4.74 Å². The number of nitrogens with one attached hydrogen (secondary N) is 1. The zero-order chi connectivity index (χ0) is 23.6. The molecule has 33 heavy (non-hydrogen) atoms. The number of methoxy groups -OCH3 is 1. The van der Waals surface area contributed by atoms with Crippen molar-refractivity contribution in [3.63, 3.8) is 0 Å². The van der Waals surface area contributed by atoms with Gasteiger partial charge >= 0.3 is 6.18 Å². The van der Waals surface area contributed by atoms with Crippen molar-refractivity contribution >= 4 is 32.9 Å². The number of alkyl halides is 3. The van der Waals surface area contributed by atoms with Gasteiger partial charge in [0.1, 0.15) is 16.4 Å². The minimum atomic E-state index is -4.54. The summed E-state index contributed by atoms with van der Waals surface area (Å²) in [6, 6.07) is 19.7. The van der Waals surface area contributed by atoms with E-state index in [2.05, 4.69) is 5.32 Å². The Kier molecular flexibility index (Phi) is 6.11. The van der Waals surface area contributed by atoms with Crippen LogP contribution in [0.5, 0.6) is 11.5 Å². The van der Waals surface area contributed by atoms with Crippen LogP contribution in [0.4, 0.5) is 13.2 Å². The number of ether oxygens (including phenoxy) is 1. The summed E-state index contributed by atoms with van der Waals surface area (Å²) in [6.45, 7) is 0. The van der Waals surface area contributed by atoms with Crippen LogP contribution in [0.15, 0.2) is 79.0 Å². The first-order valence-electron chi connectivity index (χ1n) is 9.81. The van der Waals surface area contributed by atoms with Crippen LogP contribution in [0.25, 0.3) is 15.7 Å². The molecule has 0 aliphatic heterocycles. The third kappa shape index (κ3) is 4.70. The predicted molar refractivity (Wildman–Crippen MR) is 122 cm³/mol. The topological polar surface area (TPSA) is 58.6 Å². The number of hydrogen-bond acceptors (Lipinski definition) is 4. The van der Waals surface area contributed by atoms with Gasteiger partial charge in [0.25, 0.3) is 5.91 Å². The summed E-state index contributed by atoms with van der Waals surface area (Å²) >= 11 is 0.924. The van der Waals surface area contributed by atoms with E-state index >= 15 is 0 Å². The molecule has 0 aliphatic carbocycles. The quantitative estimate of drug-likeness (QED) is 0.353. The zero-order valence-corrected chi connectivity index (χ0v) is 18.1. The maximum absolute atomic E-state index is 13.0. The van der Waals surface area contributed by atoms with Crippen molar-refractivity contribution in [1.82, 2.24) is 5.32 Å². The molecule has 4 nitrogen and oxygen atoms in total. The highest BCUT2D eigenvalue weighted by Crippen LogP contribution is 2.40. The molecule has 0 atom stereocenters. The first-order valence-corrected chi connectivity index (χ1v) is 10.6. The van der Waals surface area contributed by atoms with Crippen LogP contribution in [-0.2, 0) is 6.18 Å². The molecule has 0 fully saturated rings. The van der Waals surface area contributed by atoms with E-state index in [-0.39, 0.29) is 10.3 Å². The maximum Gasteiger partial charge on any atom is 0.416 e. The Morgan fingerprint density at radius 3 is 2.30 bits per heavy atom. The van der Waals surface area contributed by atoms with Crippen molar-refractivity contribution in [2.45, 2.75) is 6.18 Å². The lowest BCUT2D eigenvalue weighted by molar-refractivity contribution is -0.137. The van der Waals surface area contributed by atoms with Crippen molar-refractivity contribution < 1.29 is 27.8 Å². The number of rotatable bonds is 5. The molecule has 0 radical (unpaired) electrons. The summed E-state index contributed by atoms with van der Waals surface area (Å²) in [7, 11) is 1.57. The minimum Gasteiger partial charge on any atom is -0.506 e. The van der Waals surface area contributed by atoms with Crippen molar-refractivity contribution in [2.75, 3.05) is 7.11 Å². The summed E-state index contributed by atoms with van der Waals surface area (Å²) in [5, 5.41) is 13.1. The number of thiophene rings is 1. The summed E-state index contributed by atoms with van der Waals surface area (Å²) in [5.41, 5.74) is 1.49. The molecule has 0 aliphatic rings. The van der Waals surface area contributed by atoms with Gasteiger partial charge in [0.15, 0.2) is 0 Å². The largest absolute Gasteiger partial charge is 0.506 e. The molecular formula is C25H18F3NO3S. The van der Waals surface area contributed by atoms with E-state index in [0.717, 1.165) is 34.6 Å². The van der Waals surface area contributed by atoms with Crippen molar-refractivity contribution in [2.24, 2.45) is 0 Å². The van der Waals surface area contributed by atoms with Crippen LogP contribution in [-0.4, -0.2) is 18.1 Å². The predicted octanol–water partition coefficient (Wildman–Crippen LogP) is 6.45. The van der Waals surface area contributed by atoms with E-state index in [1.807, 2.05) is 42.5 Å². The van der Waals surface area contributed by atoms with Crippen LogP contribution in [0.3, 0.4) is 0 Å². The van der Waals surface area contributed by atoms with Gasteiger partial charge in [-0.25, -0.2) is 0 Å². The molecule has 1 aromatic heterocycles. The average Bonchev–Trinajstić information content (AvgIpc) is 3.15. The molecule has 168 valence electrons. The van der Waals surface area contributed by atoms with E-state index < -0.39 is 23.4 Å². The van der Waals surface area contributed by atoms with Gasteiger partial charge in [-0.3, -0.25) is 4.79 Å². The fourth-order valence-corrected chi connectivity index (χ4v) is 4.32. The fraction of sp³-hybridized carbons (Fsp3) is 0.0800. The van der Waals surface area contributed by atoms with Gasteiger partial charge in [-0.1, -0.05) is 42.5 Å². The number of fused-ring (bicyclic) bond motifs is 1. The third-order valence-electron chi connectivity index (χ3n) is 5.03. The molecule has 8 heteroatoms. The standard InChI is InChI=1S/C25H18F3NO3S/c1-32-18-10-7-16(8-11-18)20(15-5-3-2-4-6-15)14-29-24(31)23-22(30)19-13-17(25(26,27)28)9-12-21(19)33-23/h2-14,30H,1H3,(H,29,31). The van der Waals surface area contributed by atoms with Gasteiger partial charge < -0.3 is 15.2 Å². The van der Waals surface area contributed by atoms with Crippen LogP contribution in [0.2, 0.25) is 0 Å². The number of carbonyl (C=O) groups excluding carboxylic acids is 1. The third-order valence-corrected chi connectivity index (χ3v) is 6.19. The smallest absolute Gasteiger partial charge is 0.416 e. The highest BCUT2D eigenvalue weighted by Gasteiger charge is 2.31. The molecule has 0 saturated carbocycles. The molecular weight excluding hydrogens is 451 g/mol. The number of halogens is 3. The van der Waals surface area contributed by atoms with E-state index in [1.54, 1.807) is 19.2 Å². The Morgan fingerprint density at radius 1 is 1.00 bits per heavy atom. The molecule has 0 saturated heterocycles. The van der Waals surface area contributed by atoms with Gasteiger partial charge in [0.2, 0.25) is 0 Å². The van der Waals surface area contributed by atoms with Crippen molar-refractivity contribution in [3.05, 3.63) is 101 Å². The van der Waals surface area contributed by atoms with Gasteiger partial charge in [0, 0.05) is 21.9 Å². The maximum atomic E-state index is 13.0. The summed E-state index contributed by atoms with van der Waals surface area (Å²) in [6.07, 6.45) is -3.03. The Balaban J connectivity index is 1.68. The number of carbonyl (C=O) groups is 1. The summed E-state index contributed by atoms with van der Waals surface area (Å²) < 4.78 is 44.6. The van der Waals surface area contributed by atoms with Gasteiger partial charge in [0.05, 0.1) is 12.7 Å². The number of amides is 1. The van der Waals surface area contributed by atoms with E-state index in [9.17, 15) is 23.1 Å². The highest BCUT2D eigenvalue weighted by atomic mass is 32.1. The lowest BCUT2D eigenvalue weighted by atomic mass is 9.99. The van der Waals surface area contributed by atoms with Gasteiger partial charge in [-0.15, -0.1) is 11.3 Å². The van der Waals surface area contributed by atoms with Gasteiger partial charge in [-0.2, -0.15) is 13.2 Å². The Labute approximate surface area is 191 Å². The molecule has 1 heterocycles. The average molecular weight is 469 g/mol. The normalized spacial score (nSPS) is 12.1. The lowest BCUT2D eigenvalue weighted by Crippen LogP contribution is -2.16.